The maximum Gasteiger partial charge on any atom is 0.291 e. The Labute approximate surface area is 177 Å². The van der Waals surface area contributed by atoms with Gasteiger partial charge in [0.25, 0.3) is 5.91 Å². The monoisotopic (exact) mass is 415 g/mol. The molecule has 1 aliphatic heterocycles. The largest absolute Gasteiger partial charge is 0.450 e. The van der Waals surface area contributed by atoms with Crippen LogP contribution in [0.5, 0.6) is 0 Å². The number of carbonyl (C=O) groups is 1. The first-order chi connectivity index (χ1) is 15.1. The summed E-state index contributed by atoms with van der Waals surface area (Å²) in [4.78, 5) is 28.0. The predicted molar refractivity (Wildman–Crippen MR) is 113 cm³/mol. The van der Waals surface area contributed by atoms with E-state index in [1.807, 2.05) is 6.07 Å². The zero-order valence-electron chi connectivity index (χ0n) is 16.4. The maximum atomic E-state index is 14.8. The Kier molecular flexibility index (Phi) is 4.64. The van der Waals surface area contributed by atoms with E-state index in [1.54, 1.807) is 66.7 Å². The molecule has 5 rings (SSSR count). The van der Waals surface area contributed by atoms with Crippen molar-refractivity contribution in [2.75, 3.05) is 6.54 Å². The summed E-state index contributed by atoms with van der Waals surface area (Å²) in [5, 5.41) is 11.1. The van der Waals surface area contributed by atoms with Crippen molar-refractivity contribution in [1.29, 1.82) is 0 Å². The lowest BCUT2D eigenvalue weighted by atomic mass is 9.97. The molecule has 0 saturated carbocycles. The van der Waals surface area contributed by atoms with Crippen LogP contribution in [0.15, 0.2) is 88.1 Å². The zero-order valence-corrected chi connectivity index (χ0v) is 16.4. The van der Waals surface area contributed by atoms with Gasteiger partial charge in [-0.15, -0.1) is 0 Å². The number of hydrogen-bond donors (Lipinski definition) is 1. The maximum absolute atomic E-state index is 14.8. The second-order valence-corrected chi connectivity index (χ2v) is 7.48. The van der Waals surface area contributed by atoms with Crippen LogP contribution in [-0.4, -0.2) is 22.5 Å². The van der Waals surface area contributed by atoms with Crippen molar-refractivity contribution in [2.24, 2.45) is 0 Å². The molecule has 3 aromatic carbocycles. The van der Waals surface area contributed by atoms with Gasteiger partial charge in [0.2, 0.25) is 5.76 Å². The number of aliphatic hydroxyl groups excluding tert-OH is 1. The topological polar surface area (TPSA) is 70.8 Å². The van der Waals surface area contributed by atoms with Crippen LogP contribution in [0.4, 0.5) is 4.39 Å². The Morgan fingerprint density at radius 3 is 2.39 bits per heavy atom. The molecule has 0 radical (unpaired) electrons. The molecule has 0 aliphatic carbocycles. The van der Waals surface area contributed by atoms with E-state index in [1.165, 1.54) is 11.0 Å². The number of rotatable bonds is 4. The van der Waals surface area contributed by atoms with Crippen LogP contribution in [-0.2, 0) is 0 Å². The Morgan fingerprint density at radius 1 is 0.935 bits per heavy atom. The minimum atomic E-state index is -1.02. The first kappa shape index (κ1) is 19.2. The van der Waals surface area contributed by atoms with Gasteiger partial charge in [0.05, 0.1) is 29.6 Å². The highest BCUT2D eigenvalue weighted by molar-refractivity contribution is 5.99. The fourth-order valence-electron chi connectivity index (χ4n) is 4.14. The first-order valence-corrected chi connectivity index (χ1v) is 9.90. The van der Waals surface area contributed by atoms with Crippen molar-refractivity contribution in [3.8, 4) is 0 Å². The molecule has 6 heteroatoms. The third-order valence-electron chi connectivity index (χ3n) is 5.63. The molecule has 4 aromatic rings. The first-order valence-electron chi connectivity index (χ1n) is 9.90. The summed E-state index contributed by atoms with van der Waals surface area (Å²) in [6.07, 6.45) is -1.02. The van der Waals surface area contributed by atoms with E-state index >= 15 is 0 Å². The van der Waals surface area contributed by atoms with Gasteiger partial charge in [0.1, 0.15) is 11.4 Å². The highest BCUT2D eigenvalue weighted by atomic mass is 19.1. The van der Waals surface area contributed by atoms with E-state index in [0.717, 1.165) is 0 Å². The number of para-hydroxylation sites is 1. The van der Waals surface area contributed by atoms with Gasteiger partial charge in [-0.3, -0.25) is 9.59 Å². The lowest BCUT2D eigenvalue weighted by molar-refractivity contribution is 0.0580. The number of aliphatic hydroxyl groups is 1. The van der Waals surface area contributed by atoms with Crippen LogP contribution in [0.3, 0.4) is 0 Å². The molecule has 5 nitrogen and oxygen atoms in total. The lowest BCUT2D eigenvalue weighted by Crippen LogP contribution is -2.34. The Hall–Kier alpha value is -3.77. The highest BCUT2D eigenvalue weighted by Crippen LogP contribution is 2.40. The average molecular weight is 415 g/mol. The SMILES string of the molecule is O=C1c2oc3ccccc3c(=O)c2[C@H](c2ccccc2F)N1C[C@H](O)c1ccccc1. The Morgan fingerprint density at radius 2 is 1.61 bits per heavy atom. The molecule has 0 spiro atoms. The van der Waals surface area contributed by atoms with Gasteiger partial charge in [-0.2, -0.15) is 0 Å². The molecule has 0 saturated heterocycles. The molecule has 1 aliphatic rings. The van der Waals surface area contributed by atoms with Crippen molar-refractivity contribution in [3.05, 3.63) is 117 Å². The quantitative estimate of drug-likeness (QED) is 0.542. The number of hydrogen-bond acceptors (Lipinski definition) is 4. The average Bonchev–Trinajstić information content (AvgIpc) is 3.06. The second kappa shape index (κ2) is 7.49. The minimum absolute atomic E-state index is 0.0917. The normalized spacial score (nSPS) is 16.5. The van der Waals surface area contributed by atoms with Crippen molar-refractivity contribution in [2.45, 2.75) is 12.1 Å². The molecule has 1 aromatic heterocycles. The second-order valence-electron chi connectivity index (χ2n) is 7.48. The smallest absolute Gasteiger partial charge is 0.291 e. The fraction of sp³-hybridized carbons (Fsp3) is 0.120. The lowest BCUT2D eigenvalue weighted by Gasteiger charge is -2.27. The number of halogens is 1. The van der Waals surface area contributed by atoms with Gasteiger partial charge >= 0.3 is 0 Å². The summed E-state index contributed by atoms with van der Waals surface area (Å²) in [6, 6.07) is 20.5. The van der Waals surface area contributed by atoms with E-state index in [0.29, 0.717) is 10.9 Å². The number of fused-ring (bicyclic) bond motifs is 2. The van der Waals surface area contributed by atoms with Gasteiger partial charge in [-0.05, 0) is 23.8 Å². The van der Waals surface area contributed by atoms with Crippen molar-refractivity contribution in [1.82, 2.24) is 4.90 Å². The summed E-state index contributed by atoms with van der Waals surface area (Å²) in [5.41, 5.74) is 0.794. The predicted octanol–water partition coefficient (Wildman–Crippen LogP) is 4.21. The van der Waals surface area contributed by atoms with Crippen LogP contribution in [0, 0.1) is 5.82 Å². The van der Waals surface area contributed by atoms with Crippen LogP contribution in [0.25, 0.3) is 11.0 Å². The number of benzene rings is 3. The Bertz CT molecular complexity index is 1350. The number of amides is 1. The van der Waals surface area contributed by atoms with Crippen LogP contribution >= 0.6 is 0 Å². The molecule has 2 heterocycles. The molecule has 2 atom stereocenters. The summed E-state index contributed by atoms with van der Waals surface area (Å²) >= 11 is 0. The van der Waals surface area contributed by atoms with Gasteiger partial charge in [-0.1, -0.05) is 60.7 Å². The number of β-amino-alcohol motifs (C(OH)–C–C–N with tert-alkyl or cyclic N) is 1. The van der Waals surface area contributed by atoms with Crippen molar-refractivity contribution in [3.63, 3.8) is 0 Å². The molecule has 0 unspecified atom stereocenters. The fourth-order valence-corrected chi connectivity index (χ4v) is 4.14. The molecule has 0 fully saturated rings. The Balaban J connectivity index is 1.69. The van der Waals surface area contributed by atoms with E-state index in [4.69, 9.17) is 4.42 Å². The van der Waals surface area contributed by atoms with Crippen LogP contribution < -0.4 is 5.43 Å². The summed E-state index contributed by atoms with van der Waals surface area (Å²) in [7, 11) is 0. The summed E-state index contributed by atoms with van der Waals surface area (Å²) < 4.78 is 20.6. The van der Waals surface area contributed by atoms with E-state index in [-0.39, 0.29) is 34.4 Å². The van der Waals surface area contributed by atoms with Crippen LogP contribution in [0.1, 0.15) is 39.4 Å². The van der Waals surface area contributed by atoms with E-state index in [2.05, 4.69) is 0 Å². The standard InChI is InChI=1S/C25H18FNO4/c26-18-12-6-4-10-16(18)22-21-23(29)17-11-5-7-13-20(17)31-24(21)25(30)27(22)14-19(28)15-8-2-1-3-9-15/h1-13,19,22,28H,14H2/t19-,22-/m0/s1. The highest BCUT2D eigenvalue weighted by Gasteiger charge is 2.44. The molecule has 154 valence electrons. The third-order valence-corrected chi connectivity index (χ3v) is 5.63. The molecule has 1 amide bonds. The van der Waals surface area contributed by atoms with E-state index in [9.17, 15) is 19.1 Å². The summed E-state index contributed by atoms with van der Waals surface area (Å²) in [6.45, 7) is -0.123. The van der Waals surface area contributed by atoms with Gasteiger partial charge in [0.15, 0.2) is 5.43 Å². The van der Waals surface area contributed by atoms with Gasteiger partial charge in [-0.25, -0.2) is 4.39 Å². The van der Waals surface area contributed by atoms with Gasteiger partial charge in [0, 0.05) is 5.56 Å². The molecular formula is C25H18FNO4. The molecular weight excluding hydrogens is 397 g/mol. The molecule has 31 heavy (non-hydrogen) atoms. The van der Waals surface area contributed by atoms with Crippen LogP contribution in [0.2, 0.25) is 0 Å². The number of carbonyl (C=O) groups excluding carboxylic acids is 1. The van der Waals surface area contributed by atoms with Gasteiger partial charge < -0.3 is 14.4 Å². The molecule has 0 bridgehead atoms. The summed E-state index contributed by atoms with van der Waals surface area (Å²) in [5.74, 6) is -1.21. The number of nitrogens with zero attached hydrogens (tertiary/aromatic N) is 1. The van der Waals surface area contributed by atoms with E-state index < -0.39 is 23.9 Å². The zero-order chi connectivity index (χ0) is 21.5. The van der Waals surface area contributed by atoms with Crippen molar-refractivity contribution < 1.29 is 18.7 Å². The third kappa shape index (κ3) is 3.12. The molecule has 1 N–H and O–H groups in total. The minimum Gasteiger partial charge on any atom is -0.450 e. The van der Waals surface area contributed by atoms with Crippen molar-refractivity contribution >= 4 is 16.9 Å².